The van der Waals surface area contributed by atoms with E-state index in [2.05, 4.69) is 18.2 Å². The van der Waals surface area contributed by atoms with Crippen molar-refractivity contribution in [1.82, 2.24) is 4.98 Å². The summed E-state index contributed by atoms with van der Waals surface area (Å²) in [6.07, 6.45) is 2.11. The summed E-state index contributed by atoms with van der Waals surface area (Å²) < 4.78 is 24.5. The van der Waals surface area contributed by atoms with Gasteiger partial charge in [0.05, 0.1) is 27.1 Å². The van der Waals surface area contributed by atoms with E-state index in [0.29, 0.717) is 17.9 Å². The number of nitrogens with zero attached hydrogens (tertiary/aromatic N) is 1. The molecule has 4 rings (SSSR count). The van der Waals surface area contributed by atoms with Gasteiger partial charge < -0.3 is 10.3 Å². The van der Waals surface area contributed by atoms with E-state index in [9.17, 15) is 8.94 Å². The molecule has 28 heavy (non-hydrogen) atoms. The summed E-state index contributed by atoms with van der Waals surface area (Å²) in [5.41, 5.74) is 10.1. The highest BCUT2D eigenvalue weighted by molar-refractivity contribution is 8.29. The maximum Gasteiger partial charge on any atom is 0.127 e. The van der Waals surface area contributed by atoms with Crippen LogP contribution in [0.1, 0.15) is 6.42 Å². The van der Waals surface area contributed by atoms with Crippen molar-refractivity contribution in [3.8, 4) is 21.7 Å². The van der Waals surface area contributed by atoms with Crippen LogP contribution in [0.25, 0.3) is 31.9 Å². The predicted octanol–water partition coefficient (Wildman–Crippen LogP) is 6.90. The molecule has 1 unspecified atom stereocenters. The van der Waals surface area contributed by atoms with E-state index >= 15 is 0 Å². The van der Waals surface area contributed by atoms with Gasteiger partial charge in [0.15, 0.2) is 0 Å². The Morgan fingerprint density at radius 1 is 1.18 bits per heavy atom. The number of pyridine rings is 1. The van der Waals surface area contributed by atoms with Gasteiger partial charge >= 0.3 is 0 Å². The zero-order valence-corrected chi connectivity index (χ0v) is 17.8. The van der Waals surface area contributed by atoms with Crippen molar-refractivity contribution in [1.29, 1.82) is 0 Å². The maximum atomic E-state index is 12.7. The molecule has 3 heterocycles. The van der Waals surface area contributed by atoms with E-state index in [1.807, 2.05) is 35.7 Å². The summed E-state index contributed by atoms with van der Waals surface area (Å²) in [7, 11) is -2.16. The second kappa shape index (κ2) is 7.83. The molecule has 0 fully saturated rings. The van der Waals surface area contributed by atoms with Crippen molar-refractivity contribution in [3.05, 3.63) is 53.9 Å². The molecule has 0 amide bonds. The summed E-state index contributed by atoms with van der Waals surface area (Å²) in [5, 5.41) is 2.91. The first kappa shape index (κ1) is 19.4. The second-order valence-corrected chi connectivity index (χ2v) is 11.8. The largest absolute Gasteiger partial charge is 0.397 e. The SMILES string of the molecule is CS(O)(CCCF)c1sc2nc(-c3cccs3)cc(-c3ccccc3)c2c1N. The van der Waals surface area contributed by atoms with Gasteiger partial charge in [-0.05, 0) is 41.3 Å². The van der Waals surface area contributed by atoms with E-state index in [-0.39, 0.29) is 0 Å². The monoisotopic (exact) mass is 432 g/mol. The number of fused-ring (bicyclic) bond motifs is 1. The summed E-state index contributed by atoms with van der Waals surface area (Å²) >= 11 is 3.08. The van der Waals surface area contributed by atoms with Gasteiger partial charge in [-0.1, -0.05) is 36.4 Å². The number of nitrogens with two attached hydrogens (primary N) is 1. The average molecular weight is 433 g/mol. The Morgan fingerprint density at radius 2 is 1.96 bits per heavy atom. The lowest BCUT2D eigenvalue weighted by atomic mass is 10.0. The van der Waals surface area contributed by atoms with Gasteiger partial charge in [-0.25, -0.2) is 4.98 Å². The van der Waals surface area contributed by atoms with E-state index in [1.165, 1.54) is 11.3 Å². The van der Waals surface area contributed by atoms with Crippen LogP contribution in [0.3, 0.4) is 0 Å². The van der Waals surface area contributed by atoms with Crippen LogP contribution in [0, 0.1) is 0 Å². The van der Waals surface area contributed by atoms with Gasteiger partial charge in [-0.3, -0.25) is 4.39 Å². The number of anilines is 1. The van der Waals surface area contributed by atoms with E-state index in [0.717, 1.165) is 36.1 Å². The smallest absolute Gasteiger partial charge is 0.127 e. The average Bonchev–Trinajstić information content (AvgIpc) is 3.35. The minimum atomic E-state index is -2.16. The zero-order chi connectivity index (χ0) is 19.7. The van der Waals surface area contributed by atoms with Gasteiger partial charge in [0.25, 0.3) is 0 Å². The molecule has 1 aromatic carbocycles. The molecule has 1 atom stereocenters. The molecular formula is C21H21FN2OS3. The molecular weight excluding hydrogens is 411 g/mol. The van der Waals surface area contributed by atoms with Crippen LogP contribution in [0.15, 0.2) is 58.1 Å². The first-order chi connectivity index (χ1) is 13.5. The minimum Gasteiger partial charge on any atom is -0.397 e. The fourth-order valence-corrected chi connectivity index (χ4v) is 7.43. The third-order valence-electron chi connectivity index (χ3n) is 4.60. The number of hydrogen-bond donors (Lipinski definition) is 2. The maximum absolute atomic E-state index is 12.7. The van der Waals surface area contributed by atoms with Crippen molar-refractivity contribution in [2.45, 2.75) is 10.6 Å². The van der Waals surface area contributed by atoms with Gasteiger partial charge in [0, 0.05) is 11.1 Å². The van der Waals surface area contributed by atoms with E-state index in [1.54, 1.807) is 17.6 Å². The lowest BCUT2D eigenvalue weighted by Gasteiger charge is -2.28. The Balaban J connectivity index is 1.97. The number of thiophene rings is 2. The second-order valence-electron chi connectivity index (χ2n) is 6.67. The van der Waals surface area contributed by atoms with E-state index < -0.39 is 17.0 Å². The molecule has 3 aromatic heterocycles. The number of nitrogen functional groups attached to an aromatic ring is 1. The first-order valence-corrected chi connectivity index (χ1v) is 12.7. The molecule has 146 valence electrons. The van der Waals surface area contributed by atoms with Gasteiger partial charge in [0.1, 0.15) is 4.83 Å². The summed E-state index contributed by atoms with van der Waals surface area (Å²) in [5.74, 6) is 0.402. The fourth-order valence-electron chi connectivity index (χ4n) is 3.25. The third-order valence-corrected chi connectivity index (χ3v) is 9.81. The third kappa shape index (κ3) is 3.55. The molecule has 7 heteroatoms. The first-order valence-electron chi connectivity index (χ1n) is 8.88. The number of rotatable bonds is 6. The van der Waals surface area contributed by atoms with Crippen LogP contribution in [0.5, 0.6) is 0 Å². The highest BCUT2D eigenvalue weighted by Gasteiger charge is 2.26. The molecule has 0 bridgehead atoms. The summed E-state index contributed by atoms with van der Waals surface area (Å²) in [6.45, 7) is -0.440. The van der Waals surface area contributed by atoms with Crippen molar-refractivity contribution in [2.24, 2.45) is 0 Å². The van der Waals surface area contributed by atoms with Crippen LogP contribution in [-0.4, -0.2) is 28.2 Å². The highest BCUT2D eigenvalue weighted by Crippen LogP contribution is 2.58. The number of benzene rings is 1. The Morgan fingerprint density at radius 3 is 2.64 bits per heavy atom. The number of hydrogen-bond acceptors (Lipinski definition) is 5. The van der Waals surface area contributed by atoms with Gasteiger partial charge in [-0.15, -0.1) is 33.0 Å². The molecule has 0 spiro atoms. The van der Waals surface area contributed by atoms with Crippen molar-refractivity contribution < 1.29 is 8.94 Å². The summed E-state index contributed by atoms with van der Waals surface area (Å²) in [4.78, 5) is 6.75. The minimum absolute atomic E-state index is 0.329. The number of alkyl halides is 1. The van der Waals surface area contributed by atoms with Crippen LogP contribution >= 0.6 is 33.0 Å². The molecule has 3 N–H and O–H groups in total. The Kier molecular flexibility index (Phi) is 5.42. The number of halogens is 1. The van der Waals surface area contributed by atoms with Crippen LogP contribution in [0.4, 0.5) is 10.1 Å². The molecule has 0 radical (unpaired) electrons. The zero-order valence-electron chi connectivity index (χ0n) is 15.4. The lowest BCUT2D eigenvalue weighted by molar-refractivity contribution is 0.485. The van der Waals surface area contributed by atoms with Crippen LogP contribution < -0.4 is 5.73 Å². The predicted molar refractivity (Wildman–Crippen MR) is 123 cm³/mol. The fraction of sp³-hybridized carbons (Fsp3) is 0.190. The topological polar surface area (TPSA) is 59.1 Å². The van der Waals surface area contributed by atoms with Gasteiger partial charge in [0.2, 0.25) is 0 Å². The molecule has 0 aliphatic carbocycles. The molecule has 0 aliphatic heterocycles. The number of aromatic nitrogens is 1. The van der Waals surface area contributed by atoms with Gasteiger partial charge in [-0.2, -0.15) is 0 Å². The molecule has 3 nitrogen and oxygen atoms in total. The normalized spacial score (nSPS) is 14.8. The lowest BCUT2D eigenvalue weighted by Crippen LogP contribution is -2.04. The standard InChI is InChI=1S/C21H21FN2OS3/c1-28(25,12-6-10-22)21-19(23)18-15(14-7-3-2-4-8-14)13-16(24-20(18)27-21)17-9-5-11-26-17/h2-5,7-9,11,13,25H,6,10,12,23H2,1H3. The van der Waals surface area contributed by atoms with Crippen LogP contribution in [-0.2, 0) is 0 Å². The van der Waals surface area contributed by atoms with Crippen LogP contribution in [0.2, 0.25) is 0 Å². The molecule has 0 saturated heterocycles. The molecule has 4 aromatic rings. The highest BCUT2D eigenvalue weighted by atomic mass is 32.3. The Labute approximate surface area is 173 Å². The van der Waals surface area contributed by atoms with Crippen molar-refractivity contribution in [2.75, 3.05) is 24.4 Å². The molecule has 0 aliphatic rings. The van der Waals surface area contributed by atoms with Crippen molar-refractivity contribution >= 4 is 48.9 Å². The van der Waals surface area contributed by atoms with Crippen molar-refractivity contribution in [3.63, 3.8) is 0 Å². The molecule has 0 saturated carbocycles. The summed E-state index contributed by atoms with van der Waals surface area (Å²) in [6, 6.07) is 16.2. The van der Waals surface area contributed by atoms with E-state index in [4.69, 9.17) is 10.7 Å². The Bertz CT molecular complexity index is 1090. The Hall–Kier alpha value is -1.93. The quantitative estimate of drug-likeness (QED) is 0.348.